The quantitative estimate of drug-likeness (QED) is 0.476. The van der Waals surface area contributed by atoms with Crippen LogP contribution in [0.2, 0.25) is 0 Å². The summed E-state index contributed by atoms with van der Waals surface area (Å²) in [4.78, 5) is 12.8. The molecule has 4 heteroatoms. The summed E-state index contributed by atoms with van der Waals surface area (Å²) in [6, 6.07) is 16.8. The molecule has 0 saturated heterocycles. The van der Waals surface area contributed by atoms with Gasteiger partial charge in [0.2, 0.25) is 0 Å². The zero-order valence-corrected chi connectivity index (χ0v) is 15.0. The van der Waals surface area contributed by atoms with Gasteiger partial charge in [-0.1, -0.05) is 36.4 Å². The first-order valence-corrected chi connectivity index (χ1v) is 8.18. The number of para-hydroxylation sites is 1. The highest BCUT2D eigenvalue weighted by atomic mass is 16.5. The molecule has 0 amide bonds. The van der Waals surface area contributed by atoms with Crippen LogP contribution in [0.15, 0.2) is 60.7 Å². The molecule has 0 spiro atoms. The Kier molecular flexibility index (Phi) is 5.23. The largest absolute Gasteiger partial charge is 0.496 e. The van der Waals surface area contributed by atoms with Gasteiger partial charge >= 0.3 is 0 Å². The van der Waals surface area contributed by atoms with Crippen LogP contribution in [0.4, 0.5) is 0 Å². The van der Waals surface area contributed by atoms with Crippen LogP contribution >= 0.6 is 0 Å². The molecule has 0 heterocycles. The Morgan fingerprint density at radius 3 is 2.19 bits per heavy atom. The Bertz CT molecular complexity index is 973. The number of ether oxygens (including phenoxy) is 3. The Balaban J connectivity index is 1.99. The van der Waals surface area contributed by atoms with Crippen LogP contribution in [0.5, 0.6) is 17.2 Å². The molecule has 0 aromatic heterocycles. The van der Waals surface area contributed by atoms with E-state index in [9.17, 15) is 4.79 Å². The van der Waals surface area contributed by atoms with Gasteiger partial charge in [-0.2, -0.15) is 0 Å². The molecule has 0 N–H and O–H groups in total. The number of carbonyl (C=O) groups excluding carboxylic acids is 1. The van der Waals surface area contributed by atoms with Crippen LogP contribution in [-0.4, -0.2) is 27.1 Å². The molecule has 4 nitrogen and oxygen atoms in total. The summed E-state index contributed by atoms with van der Waals surface area (Å²) in [5.74, 6) is 1.87. The van der Waals surface area contributed by atoms with E-state index in [4.69, 9.17) is 14.2 Å². The predicted octanol–water partition coefficient (Wildman–Crippen LogP) is 4.76. The Morgan fingerprint density at radius 2 is 1.50 bits per heavy atom. The maximum Gasteiger partial charge on any atom is 0.186 e. The maximum absolute atomic E-state index is 12.8. The zero-order chi connectivity index (χ0) is 18.5. The van der Waals surface area contributed by atoms with E-state index in [0.717, 1.165) is 22.1 Å². The minimum atomic E-state index is -0.0891. The normalized spacial score (nSPS) is 10.9. The number of hydrogen-bond donors (Lipinski definition) is 0. The molecule has 0 aliphatic rings. The fraction of sp³-hybridized carbons (Fsp3) is 0.136. The molecular formula is C22H20O4. The molecule has 132 valence electrons. The molecule has 26 heavy (non-hydrogen) atoms. The lowest BCUT2D eigenvalue weighted by atomic mass is 10.00. The summed E-state index contributed by atoms with van der Waals surface area (Å²) in [7, 11) is 4.78. The van der Waals surface area contributed by atoms with Crippen LogP contribution < -0.4 is 14.2 Å². The summed E-state index contributed by atoms with van der Waals surface area (Å²) in [5.41, 5.74) is 1.40. The molecule has 0 aliphatic carbocycles. The van der Waals surface area contributed by atoms with E-state index in [0.29, 0.717) is 17.1 Å². The third-order valence-electron chi connectivity index (χ3n) is 4.22. The second-order valence-electron chi connectivity index (χ2n) is 5.64. The van der Waals surface area contributed by atoms with Gasteiger partial charge in [-0.15, -0.1) is 0 Å². The van der Waals surface area contributed by atoms with Crippen LogP contribution in [-0.2, 0) is 0 Å². The van der Waals surface area contributed by atoms with E-state index in [1.165, 1.54) is 0 Å². The van der Waals surface area contributed by atoms with E-state index in [2.05, 4.69) is 0 Å². The second-order valence-corrected chi connectivity index (χ2v) is 5.64. The smallest absolute Gasteiger partial charge is 0.186 e. The minimum Gasteiger partial charge on any atom is -0.496 e. The van der Waals surface area contributed by atoms with Gasteiger partial charge in [0.25, 0.3) is 0 Å². The topological polar surface area (TPSA) is 44.8 Å². The molecule has 3 aromatic rings. The van der Waals surface area contributed by atoms with Crippen molar-refractivity contribution in [2.75, 3.05) is 21.3 Å². The number of hydrogen-bond acceptors (Lipinski definition) is 4. The first kappa shape index (κ1) is 17.5. The molecule has 0 saturated carbocycles. The molecule has 0 atom stereocenters. The van der Waals surface area contributed by atoms with E-state index in [1.54, 1.807) is 39.5 Å². The molecular weight excluding hydrogens is 328 g/mol. The summed E-state index contributed by atoms with van der Waals surface area (Å²) in [5, 5.41) is 1.77. The number of benzene rings is 3. The first-order valence-electron chi connectivity index (χ1n) is 8.18. The molecule has 0 aliphatic heterocycles. The molecule has 0 fully saturated rings. The Labute approximate surface area is 152 Å². The highest BCUT2D eigenvalue weighted by Crippen LogP contribution is 2.32. The van der Waals surface area contributed by atoms with Gasteiger partial charge in [0.05, 0.1) is 21.3 Å². The third-order valence-corrected chi connectivity index (χ3v) is 4.22. The van der Waals surface area contributed by atoms with Crippen LogP contribution in [0.3, 0.4) is 0 Å². The number of methoxy groups -OCH3 is 3. The summed E-state index contributed by atoms with van der Waals surface area (Å²) in [6.07, 6.45) is 3.29. The van der Waals surface area contributed by atoms with E-state index >= 15 is 0 Å². The number of fused-ring (bicyclic) bond motifs is 1. The van der Waals surface area contributed by atoms with Gasteiger partial charge in [0.1, 0.15) is 5.75 Å². The second kappa shape index (κ2) is 7.74. The fourth-order valence-electron chi connectivity index (χ4n) is 2.96. The lowest BCUT2D eigenvalue weighted by Crippen LogP contribution is -1.98. The van der Waals surface area contributed by atoms with Crippen molar-refractivity contribution in [2.24, 2.45) is 0 Å². The van der Waals surface area contributed by atoms with Gasteiger partial charge in [-0.25, -0.2) is 0 Å². The maximum atomic E-state index is 12.8. The highest BCUT2D eigenvalue weighted by Gasteiger charge is 2.12. The van der Waals surface area contributed by atoms with Gasteiger partial charge in [0.15, 0.2) is 17.3 Å². The van der Waals surface area contributed by atoms with Gasteiger partial charge in [-0.3, -0.25) is 4.79 Å². The zero-order valence-electron chi connectivity index (χ0n) is 15.0. The van der Waals surface area contributed by atoms with E-state index in [1.807, 2.05) is 48.5 Å². The average Bonchev–Trinajstić information content (AvgIpc) is 2.70. The highest BCUT2D eigenvalue weighted by molar-refractivity contribution is 6.15. The minimum absolute atomic E-state index is 0.0891. The SMILES string of the molecule is COc1cccc(/C=C/C(=O)c2ccc(OC)c3ccccc23)c1OC. The number of allylic oxidation sites excluding steroid dienone is 1. The third kappa shape index (κ3) is 3.26. The van der Waals surface area contributed by atoms with Crippen LogP contribution in [0, 0.1) is 0 Å². The van der Waals surface area contributed by atoms with E-state index < -0.39 is 0 Å². The van der Waals surface area contributed by atoms with Crippen molar-refractivity contribution in [1.82, 2.24) is 0 Å². The number of rotatable bonds is 6. The van der Waals surface area contributed by atoms with Crippen molar-refractivity contribution in [3.05, 3.63) is 71.8 Å². The van der Waals surface area contributed by atoms with Crippen molar-refractivity contribution < 1.29 is 19.0 Å². The van der Waals surface area contributed by atoms with Crippen molar-refractivity contribution in [2.45, 2.75) is 0 Å². The Morgan fingerprint density at radius 1 is 0.769 bits per heavy atom. The fourth-order valence-corrected chi connectivity index (χ4v) is 2.96. The lowest BCUT2D eigenvalue weighted by molar-refractivity contribution is 0.104. The van der Waals surface area contributed by atoms with Crippen molar-refractivity contribution in [3.8, 4) is 17.2 Å². The van der Waals surface area contributed by atoms with Gasteiger partial charge in [0, 0.05) is 16.5 Å². The number of carbonyl (C=O) groups is 1. The lowest BCUT2D eigenvalue weighted by Gasteiger charge is -2.10. The van der Waals surface area contributed by atoms with Crippen molar-refractivity contribution >= 4 is 22.6 Å². The summed E-state index contributed by atoms with van der Waals surface area (Å²) >= 11 is 0. The number of ketones is 1. The monoisotopic (exact) mass is 348 g/mol. The van der Waals surface area contributed by atoms with Gasteiger partial charge < -0.3 is 14.2 Å². The van der Waals surface area contributed by atoms with Crippen molar-refractivity contribution in [1.29, 1.82) is 0 Å². The van der Waals surface area contributed by atoms with Crippen LogP contribution in [0.25, 0.3) is 16.8 Å². The first-order chi connectivity index (χ1) is 12.7. The van der Waals surface area contributed by atoms with Crippen LogP contribution in [0.1, 0.15) is 15.9 Å². The molecule has 0 bridgehead atoms. The Hall–Kier alpha value is -3.27. The van der Waals surface area contributed by atoms with E-state index in [-0.39, 0.29) is 5.78 Å². The molecule has 3 aromatic carbocycles. The predicted molar refractivity (Wildman–Crippen MR) is 103 cm³/mol. The molecule has 0 radical (unpaired) electrons. The summed E-state index contributed by atoms with van der Waals surface area (Å²) < 4.78 is 16.1. The van der Waals surface area contributed by atoms with Crippen molar-refractivity contribution in [3.63, 3.8) is 0 Å². The standard InChI is InChI=1S/C22H20O4/c1-24-20-14-12-17(16-8-4-5-9-18(16)20)19(23)13-11-15-7-6-10-21(25-2)22(15)26-3/h4-14H,1-3H3/b13-11+. The van der Waals surface area contributed by atoms with Gasteiger partial charge in [-0.05, 0) is 35.7 Å². The molecule has 0 unspecified atom stereocenters. The molecule has 3 rings (SSSR count). The summed E-state index contributed by atoms with van der Waals surface area (Å²) in [6.45, 7) is 0. The average molecular weight is 348 g/mol.